The topological polar surface area (TPSA) is 136 Å². The van der Waals surface area contributed by atoms with Crippen molar-refractivity contribution in [3.63, 3.8) is 0 Å². The fraction of sp³-hybridized carbons (Fsp3) is 0.160. The molecule has 180 valence electrons. The maximum Gasteiger partial charge on any atom is 0.255 e. The van der Waals surface area contributed by atoms with Crippen molar-refractivity contribution in [3.8, 4) is 11.8 Å². The predicted molar refractivity (Wildman–Crippen MR) is 133 cm³/mol. The lowest BCUT2D eigenvalue weighted by atomic mass is 10.1. The van der Waals surface area contributed by atoms with Crippen molar-refractivity contribution in [2.75, 3.05) is 10.6 Å². The number of carbonyl (C=O) groups excluding carboxylic acids is 2. The van der Waals surface area contributed by atoms with E-state index in [1.165, 1.54) is 42.5 Å². The summed E-state index contributed by atoms with van der Waals surface area (Å²) in [6.45, 7) is 3.40. The highest BCUT2D eigenvalue weighted by molar-refractivity contribution is 7.92. The molecule has 0 aliphatic heterocycles. The van der Waals surface area contributed by atoms with E-state index in [0.29, 0.717) is 5.56 Å². The van der Waals surface area contributed by atoms with E-state index in [1.807, 2.05) is 13.0 Å². The number of hydrogen-bond donors (Lipinski definition) is 3. The number of phenols is 1. The number of sulfone groups is 1. The normalized spacial score (nSPS) is 11.8. The van der Waals surface area contributed by atoms with Gasteiger partial charge in [0.15, 0.2) is 9.84 Å². The number of halogens is 1. The Balaban J connectivity index is 1.79. The number of amides is 2. The standard InChI is InChI=1S/C25H22ClN3O5S/c1-3-23(35(33,34)18-10-4-15(2)5-11-18)25(32)28-20-13-22(30)21(12-19(20)26)29-24(31)17-8-6-16(14-27)7-9-17/h4-13,23,30H,3H2,1-2H3,(H,28,32)(H,29,31). The summed E-state index contributed by atoms with van der Waals surface area (Å²) < 4.78 is 26.0. The molecule has 0 heterocycles. The van der Waals surface area contributed by atoms with Gasteiger partial charge in [0.05, 0.1) is 32.9 Å². The first-order chi connectivity index (χ1) is 16.6. The SMILES string of the molecule is CCC(C(=O)Nc1cc(O)c(NC(=O)c2ccc(C#N)cc2)cc1Cl)S(=O)(=O)c1ccc(C)cc1. The number of benzene rings is 3. The molecule has 35 heavy (non-hydrogen) atoms. The number of anilines is 2. The van der Waals surface area contributed by atoms with E-state index in [2.05, 4.69) is 10.6 Å². The van der Waals surface area contributed by atoms with Crippen molar-refractivity contribution in [2.24, 2.45) is 0 Å². The summed E-state index contributed by atoms with van der Waals surface area (Å²) >= 11 is 6.25. The van der Waals surface area contributed by atoms with Gasteiger partial charge in [-0.3, -0.25) is 9.59 Å². The second kappa shape index (κ2) is 10.6. The van der Waals surface area contributed by atoms with Gasteiger partial charge in [0.1, 0.15) is 11.0 Å². The molecular formula is C25H22ClN3O5S. The lowest BCUT2D eigenvalue weighted by molar-refractivity contribution is -0.115. The molecule has 8 nitrogen and oxygen atoms in total. The van der Waals surface area contributed by atoms with Crippen LogP contribution in [0.5, 0.6) is 5.75 Å². The number of carbonyl (C=O) groups is 2. The molecule has 0 aromatic heterocycles. The number of aromatic hydroxyl groups is 1. The quantitative estimate of drug-likeness (QED) is 0.394. The highest BCUT2D eigenvalue weighted by Crippen LogP contribution is 2.34. The van der Waals surface area contributed by atoms with Crippen molar-refractivity contribution >= 4 is 44.6 Å². The minimum Gasteiger partial charge on any atom is -0.506 e. The molecule has 0 saturated carbocycles. The van der Waals surface area contributed by atoms with Crippen molar-refractivity contribution < 1.29 is 23.1 Å². The highest BCUT2D eigenvalue weighted by atomic mass is 35.5. The van der Waals surface area contributed by atoms with Crippen LogP contribution < -0.4 is 10.6 Å². The Morgan fingerprint density at radius 2 is 1.66 bits per heavy atom. The van der Waals surface area contributed by atoms with Crippen LogP contribution in [0, 0.1) is 18.3 Å². The van der Waals surface area contributed by atoms with E-state index in [-0.39, 0.29) is 39.0 Å². The van der Waals surface area contributed by atoms with Gasteiger partial charge >= 0.3 is 0 Å². The Bertz CT molecular complexity index is 1410. The third-order valence-corrected chi connectivity index (χ3v) is 7.79. The van der Waals surface area contributed by atoms with E-state index in [1.54, 1.807) is 19.1 Å². The molecule has 0 saturated heterocycles. The lowest BCUT2D eigenvalue weighted by Crippen LogP contribution is -2.34. The zero-order chi connectivity index (χ0) is 25.8. The molecule has 10 heteroatoms. The van der Waals surface area contributed by atoms with Crippen LogP contribution in [-0.2, 0) is 14.6 Å². The second-order valence-corrected chi connectivity index (χ2v) is 10.3. The van der Waals surface area contributed by atoms with E-state index in [0.717, 1.165) is 11.6 Å². The summed E-state index contributed by atoms with van der Waals surface area (Å²) in [5.41, 5.74) is 1.51. The minimum atomic E-state index is -3.96. The number of phenolic OH excluding ortho intramolecular Hbond substituents is 1. The molecule has 3 aromatic rings. The Morgan fingerprint density at radius 3 is 2.23 bits per heavy atom. The number of hydrogen-bond acceptors (Lipinski definition) is 6. The summed E-state index contributed by atoms with van der Waals surface area (Å²) in [5.74, 6) is -1.74. The Kier molecular flexibility index (Phi) is 7.79. The van der Waals surface area contributed by atoms with Crippen LogP contribution in [0.3, 0.4) is 0 Å². The van der Waals surface area contributed by atoms with Gasteiger partial charge in [0.2, 0.25) is 5.91 Å². The molecule has 0 spiro atoms. The Labute approximate surface area is 208 Å². The largest absolute Gasteiger partial charge is 0.506 e. The van der Waals surface area contributed by atoms with Gasteiger partial charge in [0.25, 0.3) is 5.91 Å². The first kappa shape index (κ1) is 25.7. The van der Waals surface area contributed by atoms with Crippen molar-refractivity contribution in [1.29, 1.82) is 5.26 Å². The molecule has 0 fully saturated rings. The van der Waals surface area contributed by atoms with Crippen molar-refractivity contribution in [2.45, 2.75) is 30.4 Å². The average Bonchev–Trinajstić information content (AvgIpc) is 2.82. The van der Waals surface area contributed by atoms with Crippen LogP contribution in [0.25, 0.3) is 0 Å². The Hall–Kier alpha value is -3.87. The number of rotatable bonds is 7. The summed E-state index contributed by atoms with van der Waals surface area (Å²) in [7, 11) is -3.96. The maximum atomic E-state index is 13.0. The molecule has 2 amide bonds. The third-order valence-electron chi connectivity index (χ3n) is 5.25. The van der Waals surface area contributed by atoms with Crippen LogP contribution >= 0.6 is 11.6 Å². The molecule has 0 aliphatic carbocycles. The van der Waals surface area contributed by atoms with Crippen LogP contribution in [0.2, 0.25) is 5.02 Å². The zero-order valence-electron chi connectivity index (χ0n) is 18.9. The van der Waals surface area contributed by atoms with Crippen molar-refractivity contribution in [1.82, 2.24) is 0 Å². The molecule has 0 radical (unpaired) electrons. The molecule has 1 unspecified atom stereocenters. The summed E-state index contributed by atoms with van der Waals surface area (Å²) in [5, 5.41) is 22.8. The Morgan fingerprint density at radius 1 is 1.03 bits per heavy atom. The number of nitrogens with zero attached hydrogens (tertiary/aromatic N) is 1. The van der Waals surface area contributed by atoms with Crippen LogP contribution in [0.15, 0.2) is 65.6 Å². The van der Waals surface area contributed by atoms with Gasteiger partial charge in [-0.15, -0.1) is 0 Å². The lowest BCUT2D eigenvalue weighted by Gasteiger charge is -2.17. The number of nitrogens with one attached hydrogen (secondary N) is 2. The number of aryl methyl sites for hydroxylation is 1. The predicted octanol–water partition coefficient (Wildman–Crippen LogP) is 4.67. The molecule has 0 aliphatic rings. The van der Waals surface area contributed by atoms with Gasteiger partial charge in [0, 0.05) is 11.6 Å². The van der Waals surface area contributed by atoms with Gasteiger partial charge in [-0.05, 0) is 55.8 Å². The van der Waals surface area contributed by atoms with E-state index in [4.69, 9.17) is 16.9 Å². The van der Waals surface area contributed by atoms with Gasteiger partial charge in [-0.25, -0.2) is 8.42 Å². The zero-order valence-corrected chi connectivity index (χ0v) is 20.4. The van der Waals surface area contributed by atoms with E-state index in [9.17, 15) is 23.1 Å². The van der Waals surface area contributed by atoms with Gasteiger partial charge in [-0.1, -0.05) is 36.2 Å². The fourth-order valence-corrected chi connectivity index (χ4v) is 5.13. The van der Waals surface area contributed by atoms with Crippen LogP contribution in [0.4, 0.5) is 11.4 Å². The van der Waals surface area contributed by atoms with Crippen molar-refractivity contribution in [3.05, 3.63) is 82.4 Å². The molecule has 3 rings (SSSR count). The first-order valence-electron chi connectivity index (χ1n) is 10.5. The fourth-order valence-electron chi connectivity index (χ4n) is 3.30. The van der Waals surface area contributed by atoms with Crippen LogP contribution in [0.1, 0.15) is 34.8 Å². The average molecular weight is 512 g/mol. The summed E-state index contributed by atoms with van der Waals surface area (Å²) in [6.07, 6.45) is 0.0182. The van der Waals surface area contributed by atoms with Gasteiger partial charge in [-0.2, -0.15) is 5.26 Å². The third kappa shape index (κ3) is 5.80. The second-order valence-electron chi connectivity index (χ2n) is 7.74. The molecular weight excluding hydrogens is 490 g/mol. The minimum absolute atomic E-state index is 0.0110. The summed E-state index contributed by atoms with van der Waals surface area (Å²) in [4.78, 5) is 25.3. The first-order valence-corrected chi connectivity index (χ1v) is 12.4. The van der Waals surface area contributed by atoms with Gasteiger partial charge < -0.3 is 15.7 Å². The molecule has 0 bridgehead atoms. The monoisotopic (exact) mass is 511 g/mol. The highest BCUT2D eigenvalue weighted by Gasteiger charge is 2.33. The van der Waals surface area contributed by atoms with Crippen LogP contribution in [-0.4, -0.2) is 30.6 Å². The van der Waals surface area contributed by atoms with E-state index < -0.39 is 26.9 Å². The summed E-state index contributed by atoms with van der Waals surface area (Å²) in [6, 6.07) is 16.4. The molecule has 1 atom stereocenters. The number of nitriles is 1. The maximum absolute atomic E-state index is 13.0. The molecule has 3 aromatic carbocycles. The van der Waals surface area contributed by atoms with E-state index >= 15 is 0 Å². The molecule has 3 N–H and O–H groups in total. The smallest absolute Gasteiger partial charge is 0.255 e.